The molecule has 2 amide bonds. The van der Waals surface area contributed by atoms with Crippen LogP contribution < -0.4 is 4.74 Å². The second-order valence-corrected chi connectivity index (χ2v) is 8.67. The molecule has 0 bridgehead atoms. The molecule has 0 spiro atoms. The number of hydrogen-bond donors (Lipinski definition) is 0. The Morgan fingerprint density at radius 3 is 2.77 bits per heavy atom. The Balaban J connectivity index is 1.22. The van der Waals surface area contributed by atoms with Gasteiger partial charge in [0.2, 0.25) is 11.8 Å². The summed E-state index contributed by atoms with van der Waals surface area (Å²) in [5.74, 6) is 1.51. The lowest BCUT2D eigenvalue weighted by molar-refractivity contribution is -0.128. The Labute approximate surface area is 183 Å². The summed E-state index contributed by atoms with van der Waals surface area (Å²) in [7, 11) is 0. The predicted octanol–water partition coefficient (Wildman–Crippen LogP) is 2.39. The number of carbonyl (C=O) groups is 2. The fourth-order valence-corrected chi connectivity index (χ4v) is 4.39. The second kappa shape index (κ2) is 9.49. The molecule has 2 aromatic rings. The third-order valence-corrected chi connectivity index (χ3v) is 6.24. The molecular weight excluding hydrogens is 394 g/mol. The largest absolute Gasteiger partial charge is 0.477 e. The Hall–Kier alpha value is -2.90. The molecule has 8 heteroatoms. The molecule has 2 saturated heterocycles. The van der Waals surface area contributed by atoms with Crippen molar-refractivity contribution in [2.75, 3.05) is 32.8 Å². The van der Waals surface area contributed by atoms with Crippen molar-refractivity contribution in [2.24, 2.45) is 11.8 Å². The van der Waals surface area contributed by atoms with Crippen molar-refractivity contribution in [3.63, 3.8) is 0 Å². The van der Waals surface area contributed by atoms with Crippen LogP contribution in [0, 0.1) is 18.8 Å². The van der Waals surface area contributed by atoms with Crippen LogP contribution in [0.1, 0.15) is 42.1 Å². The van der Waals surface area contributed by atoms with Crippen LogP contribution in [0.5, 0.6) is 5.88 Å². The molecule has 2 aliphatic heterocycles. The fraction of sp³-hybridized carbons (Fsp3) is 0.565. The molecule has 1 atom stereocenters. The van der Waals surface area contributed by atoms with Gasteiger partial charge in [0.1, 0.15) is 0 Å². The third kappa shape index (κ3) is 5.24. The van der Waals surface area contributed by atoms with Crippen LogP contribution in [0.2, 0.25) is 0 Å². The average molecular weight is 426 g/mol. The highest BCUT2D eigenvalue weighted by molar-refractivity contribution is 5.93. The lowest BCUT2D eigenvalue weighted by Crippen LogP contribution is -2.42. The van der Waals surface area contributed by atoms with E-state index in [9.17, 15) is 9.59 Å². The van der Waals surface area contributed by atoms with Gasteiger partial charge in [-0.3, -0.25) is 14.3 Å². The van der Waals surface area contributed by atoms with Crippen LogP contribution in [0.25, 0.3) is 0 Å². The third-order valence-electron chi connectivity index (χ3n) is 6.24. The quantitative estimate of drug-likeness (QED) is 0.680. The lowest BCUT2D eigenvalue weighted by atomic mass is 9.96. The highest BCUT2D eigenvalue weighted by atomic mass is 16.5. The summed E-state index contributed by atoms with van der Waals surface area (Å²) in [5, 5.41) is 4.20. The van der Waals surface area contributed by atoms with E-state index < -0.39 is 0 Å². The average Bonchev–Trinajstić information content (AvgIpc) is 3.39. The molecule has 4 heterocycles. The summed E-state index contributed by atoms with van der Waals surface area (Å²) in [6, 6.07) is 3.85. The maximum atomic E-state index is 12.7. The van der Waals surface area contributed by atoms with E-state index in [2.05, 4.69) is 10.1 Å². The van der Waals surface area contributed by atoms with Gasteiger partial charge in [-0.2, -0.15) is 5.10 Å². The van der Waals surface area contributed by atoms with Gasteiger partial charge in [0.15, 0.2) is 0 Å². The highest BCUT2D eigenvalue weighted by Crippen LogP contribution is 2.25. The first kappa shape index (κ1) is 21.3. The van der Waals surface area contributed by atoms with E-state index in [1.165, 1.54) is 0 Å². The Morgan fingerprint density at radius 2 is 2.06 bits per heavy atom. The van der Waals surface area contributed by atoms with Gasteiger partial charge in [-0.15, -0.1) is 0 Å². The van der Waals surface area contributed by atoms with Crippen LogP contribution in [-0.4, -0.2) is 69.2 Å². The van der Waals surface area contributed by atoms with E-state index in [0.717, 1.165) is 51.1 Å². The number of carbonyl (C=O) groups excluding carboxylic acids is 2. The van der Waals surface area contributed by atoms with Gasteiger partial charge >= 0.3 is 0 Å². The molecule has 1 unspecified atom stereocenters. The zero-order valence-corrected chi connectivity index (χ0v) is 18.4. The molecule has 0 radical (unpaired) electrons. The van der Waals surface area contributed by atoms with E-state index in [1.54, 1.807) is 17.1 Å². The van der Waals surface area contributed by atoms with Gasteiger partial charge in [-0.05, 0) is 44.2 Å². The number of amides is 2. The molecule has 31 heavy (non-hydrogen) atoms. The van der Waals surface area contributed by atoms with Gasteiger partial charge < -0.3 is 14.5 Å². The summed E-state index contributed by atoms with van der Waals surface area (Å²) in [4.78, 5) is 33.3. The van der Waals surface area contributed by atoms with Crippen LogP contribution in [0.3, 0.4) is 0 Å². The molecule has 0 aliphatic carbocycles. The van der Waals surface area contributed by atoms with E-state index in [-0.39, 0.29) is 17.7 Å². The summed E-state index contributed by atoms with van der Waals surface area (Å²) in [5.41, 5.74) is 1.76. The Kier molecular flexibility index (Phi) is 6.53. The lowest BCUT2D eigenvalue weighted by Gasteiger charge is -2.33. The van der Waals surface area contributed by atoms with Gasteiger partial charge in [0.05, 0.1) is 18.4 Å². The first-order valence-corrected chi connectivity index (χ1v) is 11.2. The van der Waals surface area contributed by atoms with Crippen LogP contribution >= 0.6 is 0 Å². The number of piperidine rings is 1. The number of hydrogen-bond acceptors (Lipinski definition) is 5. The maximum absolute atomic E-state index is 12.7. The molecule has 8 nitrogen and oxygen atoms in total. The molecule has 0 saturated carbocycles. The van der Waals surface area contributed by atoms with Crippen LogP contribution in [0.4, 0.5) is 0 Å². The summed E-state index contributed by atoms with van der Waals surface area (Å²) in [6.45, 7) is 8.25. The van der Waals surface area contributed by atoms with E-state index >= 15 is 0 Å². The van der Waals surface area contributed by atoms with Crippen molar-refractivity contribution < 1.29 is 14.3 Å². The SMILES string of the molecule is CCn1cc(C(=O)N2CCC(CN3CC(COc4cc(C)ccn4)CC3=O)CC2)cn1. The molecule has 0 aromatic carbocycles. The zero-order chi connectivity index (χ0) is 21.8. The molecule has 166 valence electrons. The molecule has 2 aliphatic rings. The minimum Gasteiger partial charge on any atom is -0.477 e. The fourth-order valence-electron chi connectivity index (χ4n) is 4.39. The first-order chi connectivity index (χ1) is 15.0. The standard InChI is InChI=1S/C23H31N5O3/c1-3-28-15-20(12-25-28)23(30)26-8-5-18(6-9-26)13-27-14-19(11-22(27)29)16-31-21-10-17(2)4-7-24-21/h4,7,10,12,15,18-19H,3,5-6,8-9,11,13-14,16H2,1-2H3. The highest BCUT2D eigenvalue weighted by Gasteiger charge is 2.33. The van der Waals surface area contributed by atoms with Crippen molar-refractivity contribution in [3.8, 4) is 5.88 Å². The molecule has 2 aromatic heterocycles. The van der Waals surface area contributed by atoms with Crippen molar-refractivity contribution in [2.45, 2.75) is 39.7 Å². The van der Waals surface area contributed by atoms with Gasteiger partial charge in [0.25, 0.3) is 5.91 Å². The van der Waals surface area contributed by atoms with E-state index in [1.807, 2.05) is 42.0 Å². The van der Waals surface area contributed by atoms with Crippen molar-refractivity contribution in [1.82, 2.24) is 24.6 Å². The topological polar surface area (TPSA) is 80.6 Å². The summed E-state index contributed by atoms with van der Waals surface area (Å²) >= 11 is 0. The zero-order valence-electron chi connectivity index (χ0n) is 18.4. The number of pyridine rings is 1. The first-order valence-electron chi connectivity index (χ1n) is 11.2. The maximum Gasteiger partial charge on any atom is 0.257 e. The summed E-state index contributed by atoms with van der Waals surface area (Å²) < 4.78 is 7.58. The molecule has 4 rings (SSSR count). The second-order valence-electron chi connectivity index (χ2n) is 8.67. The molecule has 0 N–H and O–H groups in total. The van der Waals surface area contributed by atoms with Crippen LogP contribution in [0.15, 0.2) is 30.7 Å². The molecule has 2 fully saturated rings. The van der Waals surface area contributed by atoms with Crippen molar-refractivity contribution >= 4 is 11.8 Å². The number of aromatic nitrogens is 3. The van der Waals surface area contributed by atoms with Gasteiger partial charge in [0, 0.05) is 63.5 Å². The van der Waals surface area contributed by atoms with Crippen molar-refractivity contribution in [1.29, 1.82) is 0 Å². The number of likely N-dealkylation sites (tertiary alicyclic amines) is 2. The van der Waals surface area contributed by atoms with Gasteiger partial charge in [-0.25, -0.2) is 4.98 Å². The number of nitrogens with zero attached hydrogens (tertiary/aromatic N) is 5. The minimum absolute atomic E-state index is 0.0531. The van der Waals surface area contributed by atoms with E-state index in [0.29, 0.717) is 30.4 Å². The number of aryl methyl sites for hydroxylation is 2. The minimum atomic E-state index is 0.0531. The summed E-state index contributed by atoms with van der Waals surface area (Å²) in [6.07, 6.45) is 7.58. The number of ether oxygens (including phenoxy) is 1. The van der Waals surface area contributed by atoms with Gasteiger partial charge in [-0.1, -0.05) is 0 Å². The smallest absolute Gasteiger partial charge is 0.257 e. The van der Waals surface area contributed by atoms with Crippen molar-refractivity contribution in [3.05, 3.63) is 41.9 Å². The Morgan fingerprint density at radius 1 is 1.26 bits per heavy atom. The normalized spacial score (nSPS) is 19.8. The number of rotatable bonds is 7. The predicted molar refractivity (Wildman–Crippen MR) is 116 cm³/mol. The Bertz CT molecular complexity index is 919. The molecular formula is C23H31N5O3. The van der Waals surface area contributed by atoms with Crippen LogP contribution in [-0.2, 0) is 11.3 Å². The van der Waals surface area contributed by atoms with E-state index in [4.69, 9.17) is 4.74 Å². The monoisotopic (exact) mass is 425 g/mol.